The van der Waals surface area contributed by atoms with Gasteiger partial charge >= 0.3 is 5.97 Å². The van der Waals surface area contributed by atoms with Crippen LogP contribution >= 0.6 is 0 Å². The van der Waals surface area contributed by atoms with Crippen molar-refractivity contribution in [1.82, 2.24) is 14.5 Å². The van der Waals surface area contributed by atoms with Crippen molar-refractivity contribution >= 4 is 49.4 Å². The number of nitrogens with one attached hydrogen (secondary N) is 1. The smallest absolute Gasteiger partial charge is 0.307 e. The van der Waals surface area contributed by atoms with Gasteiger partial charge in [0.05, 0.1) is 37.5 Å². The van der Waals surface area contributed by atoms with Gasteiger partial charge in [-0.05, 0) is 25.4 Å². The van der Waals surface area contributed by atoms with Crippen molar-refractivity contribution in [3.8, 4) is 0 Å². The number of nitrogen functional groups attached to an aromatic ring is 1. The second-order valence-corrected chi connectivity index (χ2v) is 14.6. The highest BCUT2D eigenvalue weighted by molar-refractivity contribution is 6.48. The van der Waals surface area contributed by atoms with E-state index in [0.717, 1.165) is 13.1 Å². The lowest BCUT2D eigenvalue weighted by molar-refractivity contribution is -0.168. The Hall–Kier alpha value is -2.88. The van der Waals surface area contributed by atoms with E-state index in [9.17, 15) is 14.7 Å². The summed E-state index contributed by atoms with van der Waals surface area (Å²) in [5.41, 5.74) is 3.90. The predicted molar refractivity (Wildman–Crippen MR) is 160 cm³/mol. The Labute approximate surface area is 246 Å². The first-order valence-corrected chi connectivity index (χ1v) is 16.7. The summed E-state index contributed by atoms with van der Waals surface area (Å²) in [5, 5.41) is 16.1. The van der Waals surface area contributed by atoms with Crippen LogP contribution in [0.2, 0.25) is 13.1 Å². The molecule has 5 heterocycles. The van der Waals surface area contributed by atoms with E-state index in [2.05, 4.69) is 20.2 Å². The minimum absolute atomic E-state index is 0.163. The fraction of sp³-hybridized carbons (Fsp3) is 0.643. The minimum atomic E-state index is -1.69. The molecule has 2 aromatic heterocycles. The number of carbonyl (C=O) groups is 1. The fourth-order valence-electron chi connectivity index (χ4n) is 5.80. The quantitative estimate of drug-likeness (QED) is 0.300. The van der Waals surface area contributed by atoms with E-state index in [1.165, 1.54) is 12.4 Å². The van der Waals surface area contributed by atoms with Crippen LogP contribution in [0.1, 0.15) is 40.3 Å². The molecule has 0 amide bonds. The van der Waals surface area contributed by atoms with Crippen LogP contribution in [-0.4, -0.2) is 97.7 Å². The molecule has 0 bridgehead atoms. The van der Waals surface area contributed by atoms with Crippen molar-refractivity contribution in [2.75, 3.05) is 43.9 Å². The summed E-state index contributed by atoms with van der Waals surface area (Å²) in [7, 11) is -1.21. The van der Waals surface area contributed by atoms with Gasteiger partial charge in [-0.1, -0.05) is 20.8 Å². The summed E-state index contributed by atoms with van der Waals surface area (Å²) in [4.78, 5) is 36.3. The van der Waals surface area contributed by atoms with E-state index in [1.807, 2.05) is 33.9 Å². The lowest BCUT2D eigenvalue weighted by atomic mass is 9.82. The van der Waals surface area contributed by atoms with Crippen LogP contribution < -0.4 is 16.6 Å². The fourth-order valence-corrected chi connectivity index (χ4v) is 6.80. The molecule has 229 valence electrons. The number of aliphatic hydroxyl groups is 1. The van der Waals surface area contributed by atoms with E-state index in [0.29, 0.717) is 42.2 Å². The Bertz CT molecular complexity index is 1420. The molecule has 13 nitrogen and oxygen atoms in total. The molecule has 0 aliphatic carbocycles. The molecule has 0 spiro atoms. The van der Waals surface area contributed by atoms with Crippen molar-refractivity contribution in [3.63, 3.8) is 0 Å². The van der Waals surface area contributed by atoms with Crippen LogP contribution in [0.25, 0.3) is 10.8 Å². The monoisotopic (exact) mass is 601 g/mol. The molecule has 4 N–H and O–H groups in total. The zero-order valence-electron chi connectivity index (χ0n) is 25.0. The van der Waals surface area contributed by atoms with Gasteiger partial charge in [0, 0.05) is 43.0 Å². The number of anilines is 2. The number of rotatable bonds is 8. The summed E-state index contributed by atoms with van der Waals surface area (Å²) in [6.07, 6.45) is -0.0904. The molecule has 3 aliphatic rings. The lowest BCUT2D eigenvalue weighted by Gasteiger charge is -2.39. The number of hydrogen-bond acceptors (Lipinski definition) is 12. The van der Waals surface area contributed by atoms with E-state index >= 15 is 0 Å². The maximum atomic E-state index is 13.3. The number of hydrogen-bond donors (Lipinski definition) is 3. The van der Waals surface area contributed by atoms with Gasteiger partial charge in [0.1, 0.15) is 23.3 Å². The predicted octanol–water partition coefficient (Wildman–Crippen LogP) is 2.03. The van der Waals surface area contributed by atoms with E-state index in [-0.39, 0.29) is 12.1 Å². The first-order chi connectivity index (χ1) is 19.8. The first-order valence-electron chi connectivity index (χ1n) is 14.3. The number of aliphatic imine (C=N–C) groups is 1. The van der Waals surface area contributed by atoms with Crippen LogP contribution in [0.5, 0.6) is 0 Å². The molecule has 2 aromatic rings. The van der Waals surface area contributed by atoms with Crippen LogP contribution in [0, 0.1) is 5.41 Å². The van der Waals surface area contributed by atoms with Crippen molar-refractivity contribution < 1.29 is 28.5 Å². The highest BCUT2D eigenvalue weighted by Crippen LogP contribution is 2.49. The average Bonchev–Trinajstić information content (AvgIpc) is 3.37. The van der Waals surface area contributed by atoms with E-state index in [4.69, 9.17) is 24.4 Å². The summed E-state index contributed by atoms with van der Waals surface area (Å²) >= 11 is 0. The van der Waals surface area contributed by atoms with Gasteiger partial charge in [-0.3, -0.25) is 14.5 Å². The average molecular weight is 602 g/mol. The number of nitrogens with zero attached hydrogens (tertiary/aromatic N) is 4. The Kier molecular flexibility index (Phi) is 8.48. The molecule has 3 aliphatic heterocycles. The summed E-state index contributed by atoms with van der Waals surface area (Å²) in [5.74, 6) is 0.274. The lowest BCUT2D eigenvalue weighted by Crippen LogP contribution is -2.53. The molecule has 0 aromatic carbocycles. The molecular weight excluding hydrogens is 560 g/mol. The Morgan fingerprint density at radius 2 is 2.05 bits per heavy atom. The summed E-state index contributed by atoms with van der Waals surface area (Å²) in [6, 6.07) is 1.25. The standard InChI is InChI=1S/C28H41N6O7Si/c1-27(2,3)22(41-42(5)6)21-23(39-19(36)7-8-33-9-11-38-12-10-33)28(4,37)26(40-21)34-14-16-17(29)13-18(35)32-24-20(16)25(34)31-15-30-24/h13-15,21-23,26,37H,7-12,29H2,1-6H3,(H,30,31,32,35). The van der Waals surface area contributed by atoms with Crippen molar-refractivity contribution in [2.45, 2.75) is 77.4 Å². The molecule has 0 saturated carbocycles. The van der Waals surface area contributed by atoms with Gasteiger partial charge in [0.2, 0.25) is 9.04 Å². The highest BCUT2D eigenvalue weighted by Gasteiger charge is 2.60. The molecule has 5 unspecified atom stereocenters. The highest BCUT2D eigenvalue weighted by atomic mass is 28.3. The second-order valence-electron chi connectivity index (χ2n) is 12.6. The molecule has 2 saturated heterocycles. The van der Waals surface area contributed by atoms with Gasteiger partial charge in [-0.25, -0.2) is 4.99 Å². The number of carbonyl (C=O) groups excluding carboxylic acids is 1. The zero-order chi connectivity index (χ0) is 30.4. The van der Waals surface area contributed by atoms with Crippen molar-refractivity contribution in [1.29, 1.82) is 0 Å². The Morgan fingerprint density at radius 1 is 1.33 bits per heavy atom. The minimum Gasteiger partial charge on any atom is -0.456 e. The number of esters is 1. The van der Waals surface area contributed by atoms with Gasteiger partial charge < -0.3 is 39.4 Å². The third-order valence-electron chi connectivity index (χ3n) is 7.86. The number of nitrogens with two attached hydrogens (primary N) is 1. The molecular formula is C28H41N6O7Si. The Morgan fingerprint density at radius 3 is 2.71 bits per heavy atom. The van der Waals surface area contributed by atoms with Crippen LogP contribution in [-0.2, 0) is 23.4 Å². The molecule has 14 heteroatoms. The Balaban J connectivity index is 1.54. The maximum Gasteiger partial charge on any atom is 0.307 e. The van der Waals surface area contributed by atoms with Crippen LogP contribution in [0.4, 0.5) is 17.3 Å². The largest absolute Gasteiger partial charge is 0.456 e. The third-order valence-corrected chi connectivity index (χ3v) is 8.59. The van der Waals surface area contributed by atoms with Crippen LogP contribution in [0.15, 0.2) is 22.1 Å². The van der Waals surface area contributed by atoms with Crippen LogP contribution in [0.3, 0.4) is 0 Å². The topological polar surface area (TPSA) is 163 Å². The van der Waals surface area contributed by atoms with E-state index < -0.39 is 56.1 Å². The third kappa shape index (κ3) is 5.96. The SMILES string of the molecule is C[Si](C)OC(C1OC(n2cc3c(N)cc(=O)nc4c3c2N=CN4)C(C)(O)C1OC(=O)CCN1CCOCC1)C(C)(C)C. The van der Waals surface area contributed by atoms with Gasteiger partial charge in [0.25, 0.3) is 5.56 Å². The summed E-state index contributed by atoms with van der Waals surface area (Å²) < 4.78 is 26.3. The second kappa shape index (κ2) is 11.7. The number of ether oxygens (including phenoxy) is 3. The molecule has 42 heavy (non-hydrogen) atoms. The molecule has 5 atom stereocenters. The van der Waals surface area contributed by atoms with Crippen molar-refractivity contribution in [3.05, 3.63) is 22.6 Å². The first kappa shape index (κ1) is 30.6. The van der Waals surface area contributed by atoms with Crippen molar-refractivity contribution in [2.24, 2.45) is 10.4 Å². The normalized spacial score (nSPS) is 26.9. The summed E-state index contributed by atoms with van der Waals surface area (Å²) in [6.45, 7) is 15.1. The number of morpholine rings is 1. The number of aromatic nitrogens is 2. The molecule has 2 fully saturated rings. The van der Waals surface area contributed by atoms with E-state index in [1.54, 1.807) is 17.7 Å². The maximum absolute atomic E-state index is 13.3. The zero-order valence-corrected chi connectivity index (χ0v) is 26.0. The van der Waals surface area contributed by atoms with Gasteiger partial charge in [-0.15, -0.1) is 0 Å². The van der Waals surface area contributed by atoms with Gasteiger partial charge in [0.15, 0.2) is 12.3 Å². The van der Waals surface area contributed by atoms with Gasteiger partial charge in [-0.2, -0.15) is 4.98 Å². The molecule has 1 radical (unpaired) electrons. The molecule has 5 rings (SSSR count).